The lowest BCUT2D eigenvalue weighted by molar-refractivity contribution is -0.275. The summed E-state index contributed by atoms with van der Waals surface area (Å²) in [4.78, 5) is 0. The van der Waals surface area contributed by atoms with Gasteiger partial charge in [0.2, 0.25) is 0 Å². The summed E-state index contributed by atoms with van der Waals surface area (Å²) in [6.45, 7) is 15.3. The Balaban J connectivity index is 1.58. The summed E-state index contributed by atoms with van der Waals surface area (Å²) < 4.78 is 0. The highest BCUT2D eigenvalue weighted by molar-refractivity contribution is 5.18. The van der Waals surface area contributed by atoms with E-state index in [2.05, 4.69) is 41.2 Å². The number of aliphatic hydroxyl groups is 4. The molecule has 4 heteroatoms. The normalized spacial score (nSPS) is 52.5. The molecule has 12 unspecified atom stereocenters. The fourth-order valence-electron chi connectivity index (χ4n) is 9.15. The van der Waals surface area contributed by atoms with Crippen LogP contribution >= 0.6 is 0 Å². The first-order valence-corrected chi connectivity index (χ1v) is 13.3. The first-order valence-electron chi connectivity index (χ1n) is 13.3. The predicted octanol–water partition coefficient (Wildman–Crippen LogP) is 4.69. The number of aliphatic hydroxyl groups excluding tert-OH is 3. The van der Waals surface area contributed by atoms with Crippen LogP contribution in [0.2, 0.25) is 0 Å². The molecule has 0 saturated heterocycles. The van der Waals surface area contributed by atoms with Gasteiger partial charge in [-0.2, -0.15) is 0 Å². The number of allylic oxidation sites excluding steroid dienone is 1. The Labute approximate surface area is 195 Å². The predicted molar refractivity (Wildman–Crippen MR) is 128 cm³/mol. The quantitative estimate of drug-likeness (QED) is 0.460. The molecule has 0 radical (unpaired) electrons. The zero-order valence-corrected chi connectivity index (χ0v) is 21.1. The van der Waals surface area contributed by atoms with Gasteiger partial charge in [-0.05, 0) is 99.2 Å². The van der Waals surface area contributed by atoms with E-state index in [-0.39, 0.29) is 23.9 Å². The van der Waals surface area contributed by atoms with Gasteiger partial charge in [-0.25, -0.2) is 0 Å². The molecule has 4 rings (SSSR count). The maximum Gasteiger partial charge on any atom is 0.0985 e. The molecule has 4 fully saturated rings. The van der Waals surface area contributed by atoms with Gasteiger partial charge in [0, 0.05) is 11.8 Å². The summed E-state index contributed by atoms with van der Waals surface area (Å²) in [5, 5.41) is 44.8. The van der Waals surface area contributed by atoms with Crippen LogP contribution in [0.15, 0.2) is 12.2 Å². The second kappa shape index (κ2) is 8.36. The second-order valence-electron chi connectivity index (χ2n) is 13.0. The van der Waals surface area contributed by atoms with E-state index >= 15 is 0 Å². The highest BCUT2D eigenvalue weighted by Crippen LogP contribution is 2.69. The molecule has 4 nitrogen and oxygen atoms in total. The molecule has 32 heavy (non-hydrogen) atoms. The van der Waals surface area contributed by atoms with Crippen molar-refractivity contribution in [1.29, 1.82) is 0 Å². The number of hydrogen-bond acceptors (Lipinski definition) is 4. The van der Waals surface area contributed by atoms with Crippen LogP contribution in [0.4, 0.5) is 0 Å². The largest absolute Gasteiger partial charge is 0.393 e. The maximum absolute atomic E-state index is 11.7. The molecule has 0 aromatic heterocycles. The van der Waals surface area contributed by atoms with Crippen molar-refractivity contribution >= 4 is 0 Å². The molecule has 0 bridgehead atoms. The van der Waals surface area contributed by atoms with Crippen LogP contribution in [0.5, 0.6) is 0 Å². The van der Waals surface area contributed by atoms with Gasteiger partial charge in [0.1, 0.15) is 0 Å². The van der Waals surface area contributed by atoms with Gasteiger partial charge in [0.15, 0.2) is 0 Å². The highest BCUT2D eigenvalue weighted by atomic mass is 16.3. The molecule has 4 N–H and O–H groups in total. The van der Waals surface area contributed by atoms with Crippen LogP contribution in [0.1, 0.15) is 92.4 Å². The molecule has 12 atom stereocenters. The molecule has 4 aliphatic carbocycles. The Morgan fingerprint density at radius 1 is 0.969 bits per heavy atom. The molecule has 0 aliphatic heterocycles. The zero-order valence-electron chi connectivity index (χ0n) is 21.1. The standard InChI is InChI=1S/C28H48O4/c1-16(2)17(3)7-8-18(4)21-9-10-22-20-13-25(31)28(32)15-19(29)11-12-26(28,5)23(20)14-24(30)27(21,22)6/h17-25,29-32H,1,7-15H2,2-6H3. The lowest BCUT2D eigenvalue weighted by Crippen LogP contribution is -2.70. The summed E-state index contributed by atoms with van der Waals surface area (Å²) in [7, 11) is 0. The minimum Gasteiger partial charge on any atom is -0.393 e. The number of fused-ring (bicyclic) bond motifs is 5. The van der Waals surface area contributed by atoms with Crippen molar-refractivity contribution in [2.45, 2.75) is 116 Å². The van der Waals surface area contributed by atoms with Gasteiger partial charge in [0.05, 0.1) is 23.9 Å². The monoisotopic (exact) mass is 448 g/mol. The molecule has 0 heterocycles. The molecule has 0 aromatic carbocycles. The Hall–Kier alpha value is -0.420. The zero-order chi connectivity index (χ0) is 23.6. The van der Waals surface area contributed by atoms with Crippen molar-refractivity contribution in [2.75, 3.05) is 0 Å². The molecule has 184 valence electrons. The van der Waals surface area contributed by atoms with E-state index < -0.39 is 23.2 Å². The lowest BCUT2D eigenvalue weighted by atomic mass is 9.41. The van der Waals surface area contributed by atoms with E-state index in [4.69, 9.17) is 0 Å². The average molecular weight is 449 g/mol. The van der Waals surface area contributed by atoms with Crippen LogP contribution in [0.3, 0.4) is 0 Å². The van der Waals surface area contributed by atoms with Gasteiger partial charge in [-0.3, -0.25) is 0 Å². The molecule has 0 spiro atoms. The van der Waals surface area contributed by atoms with Crippen LogP contribution < -0.4 is 0 Å². The van der Waals surface area contributed by atoms with E-state index in [0.717, 1.165) is 25.7 Å². The number of hydrogen-bond donors (Lipinski definition) is 4. The van der Waals surface area contributed by atoms with E-state index in [0.29, 0.717) is 48.9 Å². The molecular formula is C28H48O4. The Kier molecular flexibility index (Phi) is 6.45. The highest BCUT2D eigenvalue weighted by Gasteiger charge is 2.69. The molecule has 4 saturated carbocycles. The van der Waals surface area contributed by atoms with Crippen LogP contribution in [-0.2, 0) is 0 Å². The topological polar surface area (TPSA) is 80.9 Å². The summed E-state index contributed by atoms with van der Waals surface area (Å²) in [5.41, 5.74) is -0.559. The van der Waals surface area contributed by atoms with Crippen molar-refractivity contribution in [3.63, 3.8) is 0 Å². The van der Waals surface area contributed by atoms with Crippen molar-refractivity contribution < 1.29 is 20.4 Å². The SMILES string of the molecule is C=C(C)C(C)CCC(C)C1CCC2C3CC(O)C4(O)CC(O)CCC4(C)C3CC(O)C12C. The molecule has 0 amide bonds. The van der Waals surface area contributed by atoms with Crippen molar-refractivity contribution in [3.05, 3.63) is 12.2 Å². The van der Waals surface area contributed by atoms with Gasteiger partial charge in [-0.1, -0.05) is 39.8 Å². The van der Waals surface area contributed by atoms with Gasteiger partial charge < -0.3 is 20.4 Å². The first-order chi connectivity index (χ1) is 14.9. The second-order valence-corrected chi connectivity index (χ2v) is 13.0. The fourth-order valence-corrected chi connectivity index (χ4v) is 9.15. The van der Waals surface area contributed by atoms with E-state index in [1.54, 1.807) is 0 Å². The van der Waals surface area contributed by atoms with E-state index in [1.165, 1.54) is 12.0 Å². The molecule has 0 aromatic rings. The van der Waals surface area contributed by atoms with E-state index in [1.807, 2.05) is 0 Å². The van der Waals surface area contributed by atoms with Gasteiger partial charge in [0.25, 0.3) is 0 Å². The average Bonchev–Trinajstić information content (AvgIpc) is 3.08. The fraction of sp³-hybridized carbons (Fsp3) is 0.929. The van der Waals surface area contributed by atoms with E-state index in [9.17, 15) is 20.4 Å². The van der Waals surface area contributed by atoms with Gasteiger partial charge in [-0.15, -0.1) is 0 Å². The summed E-state index contributed by atoms with van der Waals surface area (Å²) in [6, 6.07) is 0. The maximum atomic E-state index is 11.7. The summed E-state index contributed by atoms with van der Waals surface area (Å²) >= 11 is 0. The third-order valence-corrected chi connectivity index (χ3v) is 11.6. The molecule has 4 aliphatic rings. The van der Waals surface area contributed by atoms with Crippen molar-refractivity contribution in [3.8, 4) is 0 Å². The lowest BCUT2D eigenvalue weighted by Gasteiger charge is -2.66. The minimum atomic E-state index is -1.25. The number of rotatable bonds is 5. The van der Waals surface area contributed by atoms with Crippen LogP contribution in [0, 0.1) is 46.3 Å². The van der Waals surface area contributed by atoms with Crippen molar-refractivity contribution in [1.82, 2.24) is 0 Å². The smallest absolute Gasteiger partial charge is 0.0985 e. The van der Waals surface area contributed by atoms with Gasteiger partial charge >= 0.3 is 0 Å². The Bertz CT molecular complexity index is 722. The Morgan fingerprint density at radius 2 is 1.66 bits per heavy atom. The van der Waals surface area contributed by atoms with Crippen LogP contribution in [0.25, 0.3) is 0 Å². The Morgan fingerprint density at radius 3 is 2.31 bits per heavy atom. The van der Waals surface area contributed by atoms with Crippen LogP contribution in [-0.4, -0.2) is 44.3 Å². The molecular weight excluding hydrogens is 400 g/mol. The minimum absolute atomic E-state index is 0.118. The third kappa shape index (κ3) is 3.46. The first kappa shape index (κ1) is 24.7. The summed E-state index contributed by atoms with van der Waals surface area (Å²) in [6.07, 6.45) is 5.84. The summed E-state index contributed by atoms with van der Waals surface area (Å²) in [5.74, 6) is 2.53. The third-order valence-electron chi connectivity index (χ3n) is 11.6. The van der Waals surface area contributed by atoms with Crippen molar-refractivity contribution in [2.24, 2.45) is 46.3 Å².